The molecule has 3 rings (SSSR count). The number of halogens is 1. The van der Waals surface area contributed by atoms with Crippen LogP contribution in [0.3, 0.4) is 0 Å². The molecule has 0 saturated carbocycles. The van der Waals surface area contributed by atoms with Gasteiger partial charge in [0, 0.05) is 5.02 Å². The highest BCUT2D eigenvalue weighted by Gasteiger charge is 2.34. The van der Waals surface area contributed by atoms with Crippen molar-refractivity contribution in [3.8, 4) is 6.07 Å². The Morgan fingerprint density at radius 2 is 1.35 bits per heavy atom. The topological polar surface area (TPSA) is 23.8 Å². The molecule has 0 N–H and O–H groups in total. The second-order valence-electron chi connectivity index (χ2n) is 5.56. The monoisotopic (exact) mass is 317 g/mol. The third-order valence-corrected chi connectivity index (χ3v) is 4.32. The van der Waals surface area contributed by atoms with E-state index >= 15 is 0 Å². The van der Waals surface area contributed by atoms with Gasteiger partial charge >= 0.3 is 0 Å². The molecule has 0 aromatic heterocycles. The van der Waals surface area contributed by atoms with Crippen molar-refractivity contribution in [1.29, 1.82) is 5.26 Å². The van der Waals surface area contributed by atoms with E-state index in [0.717, 1.165) is 16.7 Å². The number of rotatable bonds is 4. The van der Waals surface area contributed by atoms with E-state index in [2.05, 4.69) is 6.07 Å². The van der Waals surface area contributed by atoms with Gasteiger partial charge < -0.3 is 0 Å². The normalized spacial score (nSPS) is 11.0. The molecule has 0 fully saturated rings. The fourth-order valence-electron chi connectivity index (χ4n) is 2.94. The SMILES string of the molecule is N#CC(Cc1cccc(Cl)c1)(c1ccccc1)c1ccccc1. The van der Waals surface area contributed by atoms with Crippen molar-refractivity contribution in [2.24, 2.45) is 0 Å². The molecule has 0 amide bonds. The molecule has 3 aromatic rings. The molecule has 0 spiro atoms. The molecule has 2 heteroatoms. The summed E-state index contributed by atoms with van der Waals surface area (Å²) in [5.74, 6) is 0. The highest BCUT2D eigenvalue weighted by atomic mass is 35.5. The molecule has 0 aliphatic carbocycles. The van der Waals surface area contributed by atoms with Crippen LogP contribution in [0, 0.1) is 11.3 Å². The third kappa shape index (κ3) is 3.13. The van der Waals surface area contributed by atoms with E-state index < -0.39 is 5.41 Å². The summed E-state index contributed by atoms with van der Waals surface area (Å²) in [6.07, 6.45) is 0.581. The van der Waals surface area contributed by atoms with Crippen LogP contribution in [0.2, 0.25) is 5.02 Å². The average molecular weight is 318 g/mol. The molecule has 0 bridgehead atoms. The van der Waals surface area contributed by atoms with Gasteiger partial charge in [-0.2, -0.15) is 5.26 Å². The van der Waals surface area contributed by atoms with E-state index in [9.17, 15) is 5.26 Å². The number of hydrogen-bond donors (Lipinski definition) is 0. The maximum Gasteiger partial charge on any atom is 0.111 e. The van der Waals surface area contributed by atoms with Crippen molar-refractivity contribution >= 4 is 11.6 Å². The Morgan fingerprint density at radius 1 is 0.783 bits per heavy atom. The summed E-state index contributed by atoms with van der Waals surface area (Å²) in [5, 5.41) is 10.8. The van der Waals surface area contributed by atoms with Gasteiger partial charge in [-0.15, -0.1) is 0 Å². The van der Waals surface area contributed by atoms with Gasteiger partial charge in [0.2, 0.25) is 0 Å². The van der Waals surface area contributed by atoms with Crippen LogP contribution in [-0.2, 0) is 11.8 Å². The molecule has 0 heterocycles. The highest BCUT2D eigenvalue weighted by molar-refractivity contribution is 6.30. The molecule has 0 saturated heterocycles. The molecule has 3 aromatic carbocycles. The predicted molar refractivity (Wildman–Crippen MR) is 94.4 cm³/mol. The Kier molecular flexibility index (Phi) is 4.46. The van der Waals surface area contributed by atoms with Crippen LogP contribution >= 0.6 is 11.6 Å². The summed E-state index contributed by atoms with van der Waals surface area (Å²) >= 11 is 6.13. The summed E-state index contributed by atoms with van der Waals surface area (Å²) in [7, 11) is 0. The van der Waals surface area contributed by atoms with Crippen LogP contribution in [0.15, 0.2) is 84.9 Å². The van der Waals surface area contributed by atoms with Gasteiger partial charge in [-0.05, 0) is 35.2 Å². The quantitative estimate of drug-likeness (QED) is 0.632. The summed E-state index contributed by atoms with van der Waals surface area (Å²) in [5.41, 5.74) is 2.31. The lowest BCUT2D eigenvalue weighted by molar-refractivity contribution is 0.653. The van der Waals surface area contributed by atoms with E-state index in [-0.39, 0.29) is 0 Å². The van der Waals surface area contributed by atoms with Crippen LogP contribution in [0.4, 0.5) is 0 Å². The van der Waals surface area contributed by atoms with Gasteiger partial charge in [-0.1, -0.05) is 84.4 Å². The predicted octanol–water partition coefficient (Wildman–Crippen LogP) is 5.39. The Balaban J connectivity index is 2.16. The Bertz CT molecular complexity index is 780. The molecule has 0 unspecified atom stereocenters. The molecular weight excluding hydrogens is 302 g/mol. The minimum Gasteiger partial charge on any atom is -0.197 e. The van der Waals surface area contributed by atoms with Gasteiger partial charge in [0.25, 0.3) is 0 Å². The first-order chi connectivity index (χ1) is 11.2. The van der Waals surface area contributed by atoms with Crippen molar-refractivity contribution in [3.05, 3.63) is 107 Å². The largest absolute Gasteiger partial charge is 0.197 e. The minimum atomic E-state index is -0.729. The molecule has 0 aliphatic heterocycles. The van der Waals surface area contributed by atoms with Crippen molar-refractivity contribution in [2.45, 2.75) is 11.8 Å². The maximum atomic E-state index is 10.1. The van der Waals surface area contributed by atoms with Crippen LogP contribution in [-0.4, -0.2) is 0 Å². The van der Waals surface area contributed by atoms with Gasteiger partial charge in [-0.25, -0.2) is 0 Å². The first-order valence-electron chi connectivity index (χ1n) is 7.51. The van der Waals surface area contributed by atoms with Gasteiger partial charge in [0.05, 0.1) is 6.07 Å². The molecule has 0 aliphatic rings. The average Bonchev–Trinajstić information content (AvgIpc) is 2.61. The van der Waals surface area contributed by atoms with E-state index in [1.807, 2.05) is 84.9 Å². The molecule has 0 radical (unpaired) electrons. The molecule has 23 heavy (non-hydrogen) atoms. The van der Waals surface area contributed by atoms with Crippen molar-refractivity contribution in [1.82, 2.24) is 0 Å². The van der Waals surface area contributed by atoms with E-state index in [1.165, 1.54) is 0 Å². The second kappa shape index (κ2) is 6.69. The van der Waals surface area contributed by atoms with Crippen molar-refractivity contribution in [3.63, 3.8) is 0 Å². The zero-order valence-electron chi connectivity index (χ0n) is 12.6. The summed E-state index contributed by atoms with van der Waals surface area (Å²) < 4.78 is 0. The highest BCUT2D eigenvalue weighted by Crippen LogP contribution is 2.35. The Morgan fingerprint density at radius 3 is 1.83 bits per heavy atom. The first kappa shape index (κ1) is 15.3. The second-order valence-corrected chi connectivity index (χ2v) is 5.99. The number of hydrogen-bond acceptors (Lipinski definition) is 1. The molecule has 0 atom stereocenters. The summed E-state index contributed by atoms with van der Waals surface area (Å²) in [6, 6.07) is 30.2. The Hall–Kier alpha value is -2.56. The zero-order valence-corrected chi connectivity index (χ0v) is 13.4. The summed E-state index contributed by atoms with van der Waals surface area (Å²) in [4.78, 5) is 0. The van der Waals surface area contributed by atoms with Crippen LogP contribution < -0.4 is 0 Å². The summed E-state index contributed by atoms with van der Waals surface area (Å²) in [6.45, 7) is 0. The smallest absolute Gasteiger partial charge is 0.111 e. The molecule has 1 nitrogen and oxygen atoms in total. The fraction of sp³-hybridized carbons (Fsp3) is 0.0952. The molecule has 112 valence electrons. The standard InChI is InChI=1S/C21H16ClN/c22-20-13-7-8-17(14-20)15-21(16-23,18-9-3-1-4-10-18)19-11-5-2-6-12-19/h1-14H,15H2. The van der Waals surface area contributed by atoms with Crippen molar-refractivity contribution < 1.29 is 0 Å². The zero-order chi connectivity index (χ0) is 16.1. The van der Waals surface area contributed by atoms with Gasteiger partial charge in [-0.3, -0.25) is 0 Å². The third-order valence-electron chi connectivity index (χ3n) is 4.08. The van der Waals surface area contributed by atoms with Crippen molar-refractivity contribution in [2.75, 3.05) is 0 Å². The van der Waals surface area contributed by atoms with Gasteiger partial charge in [0.1, 0.15) is 5.41 Å². The van der Waals surface area contributed by atoms with Crippen LogP contribution in [0.5, 0.6) is 0 Å². The number of nitrogens with zero attached hydrogens (tertiary/aromatic N) is 1. The maximum absolute atomic E-state index is 10.1. The number of nitriles is 1. The van der Waals surface area contributed by atoms with Gasteiger partial charge in [0.15, 0.2) is 0 Å². The van der Waals surface area contributed by atoms with Crippen LogP contribution in [0.1, 0.15) is 16.7 Å². The number of benzene rings is 3. The first-order valence-corrected chi connectivity index (χ1v) is 7.89. The van der Waals surface area contributed by atoms with E-state index in [1.54, 1.807) is 0 Å². The van der Waals surface area contributed by atoms with Crippen LogP contribution in [0.25, 0.3) is 0 Å². The van der Waals surface area contributed by atoms with E-state index in [4.69, 9.17) is 11.6 Å². The lowest BCUT2D eigenvalue weighted by atomic mass is 9.71. The fourth-order valence-corrected chi connectivity index (χ4v) is 3.15. The minimum absolute atomic E-state index is 0.581. The Labute approximate surface area is 141 Å². The van der Waals surface area contributed by atoms with E-state index in [0.29, 0.717) is 11.4 Å². The lowest BCUT2D eigenvalue weighted by Gasteiger charge is -2.28. The lowest BCUT2D eigenvalue weighted by Crippen LogP contribution is -2.28. The molecular formula is C21H16ClN.